The summed E-state index contributed by atoms with van der Waals surface area (Å²) in [6.45, 7) is 9.22. The summed E-state index contributed by atoms with van der Waals surface area (Å²) in [6, 6.07) is 8.65. The van der Waals surface area contributed by atoms with Crippen molar-refractivity contribution >= 4 is 0 Å². The van der Waals surface area contributed by atoms with Gasteiger partial charge in [-0.2, -0.15) is 0 Å². The van der Waals surface area contributed by atoms with Crippen molar-refractivity contribution in [1.82, 2.24) is 5.32 Å². The predicted octanol–water partition coefficient (Wildman–Crippen LogP) is 2.94. The molecular weight excluding hydrogens is 238 g/mol. The van der Waals surface area contributed by atoms with Crippen molar-refractivity contribution < 1.29 is 9.47 Å². The van der Waals surface area contributed by atoms with Gasteiger partial charge in [-0.15, -0.1) is 0 Å². The standard InChI is InChI=1S/C16H27NO2/c1-13(2)11-18-9-10-19-12-16(17-4)15-8-6-5-7-14(15)3/h5-8,13,16-17H,9-12H2,1-4H3. The van der Waals surface area contributed by atoms with Crippen molar-refractivity contribution in [1.29, 1.82) is 0 Å². The minimum absolute atomic E-state index is 0.242. The highest BCUT2D eigenvalue weighted by atomic mass is 16.5. The molecule has 3 heteroatoms. The third kappa shape index (κ3) is 6.19. The Bertz CT molecular complexity index is 352. The first kappa shape index (κ1) is 16.2. The van der Waals surface area contributed by atoms with Gasteiger partial charge in [0.15, 0.2) is 0 Å². The Labute approximate surface area is 117 Å². The minimum atomic E-state index is 0.242. The molecule has 0 spiro atoms. The highest BCUT2D eigenvalue weighted by molar-refractivity contribution is 5.28. The molecule has 1 aromatic rings. The van der Waals surface area contributed by atoms with Gasteiger partial charge in [-0.3, -0.25) is 0 Å². The molecule has 1 atom stereocenters. The third-order valence-corrected chi connectivity index (χ3v) is 3.02. The van der Waals surface area contributed by atoms with Crippen molar-refractivity contribution in [3.05, 3.63) is 35.4 Å². The van der Waals surface area contributed by atoms with Crippen LogP contribution >= 0.6 is 0 Å². The first-order valence-electron chi connectivity index (χ1n) is 7.03. The van der Waals surface area contributed by atoms with Gasteiger partial charge in [0.1, 0.15) is 0 Å². The van der Waals surface area contributed by atoms with Crippen LogP contribution in [0.4, 0.5) is 0 Å². The van der Waals surface area contributed by atoms with Crippen LogP contribution < -0.4 is 5.32 Å². The molecule has 0 radical (unpaired) electrons. The van der Waals surface area contributed by atoms with E-state index in [9.17, 15) is 0 Å². The molecule has 0 amide bonds. The van der Waals surface area contributed by atoms with Crippen LogP contribution in [0.15, 0.2) is 24.3 Å². The first-order chi connectivity index (χ1) is 9.15. The molecule has 0 fully saturated rings. The van der Waals surface area contributed by atoms with Gasteiger partial charge in [-0.1, -0.05) is 38.1 Å². The molecule has 0 aromatic heterocycles. The fourth-order valence-corrected chi connectivity index (χ4v) is 1.94. The van der Waals surface area contributed by atoms with Crippen LogP contribution in [0.25, 0.3) is 0 Å². The molecule has 0 aliphatic carbocycles. The lowest BCUT2D eigenvalue weighted by atomic mass is 10.0. The summed E-state index contributed by atoms with van der Waals surface area (Å²) in [7, 11) is 1.97. The highest BCUT2D eigenvalue weighted by Crippen LogP contribution is 2.17. The smallest absolute Gasteiger partial charge is 0.0701 e. The SMILES string of the molecule is CNC(COCCOCC(C)C)c1ccccc1C. The van der Waals surface area contributed by atoms with E-state index in [1.54, 1.807) is 0 Å². The van der Waals surface area contributed by atoms with Crippen LogP contribution in [0, 0.1) is 12.8 Å². The fraction of sp³-hybridized carbons (Fsp3) is 0.625. The summed E-state index contributed by atoms with van der Waals surface area (Å²) in [4.78, 5) is 0. The molecule has 108 valence electrons. The average Bonchev–Trinajstić information content (AvgIpc) is 2.39. The molecule has 0 saturated carbocycles. The van der Waals surface area contributed by atoms with Crippen molar-refractivity contribution in [2.75, 3.05) is 33.5 Å². The lowest BCUT2D eigenvalue weighted by Gasteiger charge is -2.19. The van der Waals surface area contributed by atoms with Gasteiger partial charge in [0.05, 0.1) is 25.9 Å². The van der Waals surface area contributed by atoms with Crippen LogP contribution in [-0.4, -0.2) is 33.5 Å². The lowest BCUT2D eigenvalue weighted by molar-refractivity contribution is 0.0308. The summed E-state index contributed by atoms with van der Waals surface area (Å²) in [5.41, 5.74) is 2.59. The Morgan fingerprint density at radius 2 is 1.68 bits per heavy atom. The van der Waals surface area contributed by atoms with Crippen molar-refractivity contribution in [3.8, 4) is 0 Å². The minimum Gasteiger partial charge on any atom is -0.379 e. The Hall–Kier alpha value is -0.900. The van der Waals surface area contributed by atoms with Gasteiger partial charge in [-0.25, -0.2) is 0 Å². The molecule has 3 nitrogen and oxygen atoms in total. The largest absolute Gasteiger partial charge is 0.379 e. The van der Waals surface area contributed by atoms with E-state index in [1.165, 1.54) is 11.1 Å². The van der Waals surface area contributed by atoms with E-state index in [0.717, 1.165) is 6.61 Å². The summed E-state index contributed by atoms with van der Waals surface area (Å²) in [5.74, 6) is 0.581. The van der Waals surface area contributed by atoms with Gasteiger partial charge in [0.2, 0.25) is 0 Å². The molecule has 1 unspecified atom stereocenters. The zero-order chi connectivity index (χ0) is 14.1. The Kier molecular flexibility index (Phi) is 7.72. The maximum Gasteiger partial charge on any atom is 0.0701 e. The van der Waals surface area contributed by atoms with E-state index in [0.29, 0.717) is 25.7 Å². The second-order valence-corrected chi connectivity index (χ2v) is 5.24. The van der Waals surface area contributed by atoms with Crippen LogP contribution in [0.5, 0.6) is 0 Å². The van der Waals surface area contributed by atoms with Crippen LogP contribution in [0.3, 0.4) is 0 Å². The van der Waals surface area contributed by atoms with E-state index >= 15 is 0 Å². The van der Waals surface area contributed by atoms with E-state index in [2.05, 4.69) is 50.4 Å². The zero-order valence-electron chi connectivity index (χ0n) is 12.6. The molecule has 1 N–H and O–H groups in total. The molecule has 0 bridgehead atoms. The second-order valence-electron chi connectivity index (χ2n) is 5.24. The maximum atomic E-state index is 5.69. The summed E-state index contributed by atoms with van der Waals surface area (Å²) in [6.07, 6.45) is 0. The summed E-state index contributed by atoms with van der Waals surface area (Å²) in [5, 5.41) is 3.30. The maximum absolute atomic E-state index is 5.69. The third-order valence-electron chi connectivity index (χ3n) is 3.02. The number of likely N-dealkylation sites (N-methyl/N-ethyl adjacent to an activating group) is 1. The molecule has 1 aromatic carbocycles. The predicted molar refractivity (Wildman–Crippen MR) is 79.5 cm³/mol. The number of benzene rings is 1. The van der Waals surface area contributed by atoms with Gasteiger partial charge in [-0.05, 0) is 31.0 Å². The number of nitrogens with one attached hydrogen (secondary N) is 1. The van der Waals surface area contributed by atoms with Crippen molar-refractivity contribution in [2.24, 2.45) is 5.92 Å². The number of ether oxygens (including phenoxy) is 2. The van der Waals surface area contributed by atoms with E-state index in [4.69, 9.17) is 9.47 Å². The van der Waals surface area contributed by atoms with Gasteiger partial charge < -0.3 is 14.8 Å². The average molecular weight is 265 g/mol. The monoisotopic (exact) mass is 265 g/mol. The van der Waals surface area contributed by atoms with Crippen molar-refractivity contribution in [2.45, 2.75) is 26.8 Å². The van der Waals surface area contributed by atoms with Gasteiger partial charge in [0.25, 0.3) is 0 Å². The molecular formula is C16H27NO2. The summed E-state index contributed by atoms with van der Waals surface area (Å²) >= 11 is 0. The Morgan fingerprint density at radius 3 is 2.26 bits per heavy atom. The van der Waals surface area contributed by atoms with Crippen LogP contribution in [0.2, 0.25) is 0 Å². The first-order valence-corrected chi connectivity index (χ1v) is 7.03. The summed E-state index contributed by atoms with van der Waals surface area (Å²) < 4.78 is 11.2. The van der Waals surface area contributed by atoms with E-state index in [1.807, 2.05) is 7.05 Å². The van der Waals surface area contributed by atoms with Gasteiger partial charge in [0, 0.05) is 6.61 Å². The molecule has 0 heterocycles. The lowest BCUT2D eigenvalue weighted by Crippen LogP contribution is -2.23. The van der Waals surface area contributed by atoms with E-state index in [-0.39, 0.29) is 6.04 Å². The van der Waals surface area contributed by atoms with Crippen LogP contribution in [-0.2, 0) is 9.47 Å². The highest BCUT2D eigenvalue weighted by Gasteiger charge is 2.11. The second kappa shape index (κ2) is 9.08. The number of hydrogen-bond acceptors (Lipinski definition) is 3. The number of hydrogen-bond donors (Lipinski definition) is 1. The molecule has 0 aliphatic heterocycles. The number of rotatable bonds is 9. The number of aryl methyl sites for hydroxylation is 1. The zero-order valence-corrected chi connectivity index (χ0v) is 12.6. The molecule has 1 rings (SSSR count). The molecule has 0 saturated heterocycles. The Morgan fingerprint density at radius 1 is 1.05 bits per heavy atom. The fourth-order valence-electron chi connectivity index (χ4n) is 1.94. The quantitative estimate of drug-likeness (QED) is 0.696. The molecule has 0 aliphatic rings. The Balaban J connectivity index is 2.28. The van der Waals surface area contributed by atoms with Crippen molar-refractivity contribution in [3.63, 3.8) is 0 Å². The van der Waals surface area contributed by atoms with Crippen LogP contribution in [0.1, 0.15) is 31.0 Å². The normalized spacial score (nSPS) is 12.9. The topological polar surface area (TPSA) is 30.5 Å². The molecule has 19 heavy (non-hydrogen) atoms. The van der Waals surface area contributed by atoms with E-state index < -0.39 is 0 Å². The van der Waals surface area contributed by atoms with Gasteiger partial charge >= 0.3 is 0 Å².